The number of methoxy groups -OCH3 is 1. The summed E-state index contributed by atoms with van der Waals surface area (Å²) >= 11 is 1.63. The van der Waals surface area contributed by atoms with Crippen molar-refractivity contribution in [3.8, 4) is 22.8 Å². The molecule has 0 amide bonds. The third-order valence-electron chi connectivity index (χ3n) is 5.04. The van der Waals surface area contributed by atoms with Gasteiger partial charge in [0.2, 0.25) is 0 Å². The van der Waals surface area contributed by atoms with E-state index in [0.717, 1.165) is 39.3 Å². The molecular formula is C24H21N5OS. The molecule has 0 bridgehead atoms. The van der Waals surface area contributed by atoms with Gasteiger partial charge in [0, 0.05) is 29.4 Å². The number of aryl methyl sites for hydroxylation is 1. The summed E-state index contributed by atoms with van der Waals surface area (Å²) in [6, 6.07) is 22.3. The summed E-state index contributed by atoms with van der Waals surface area (Å²) in [5, 5.41) is 9.86. The highest BCUT2D eigenvalue weighted by Crippen LogP contribution is 2.30. The molecule has 0 atom stereocenters. The van der Waals surface area contributed by atoms with E-state index in [0.29, 0.717) is 5.75 Å². The Morgan fingerprint density at radius 3 is 2.48 bits per heavy atom. The van der Waals surface area contributed by atoms with E-state index in [9.17, 15) is 0 Å². The highest BCUT2D eigenvalue weighted by molar-refractivity contribution is 7.98. The molecule has 0 aliphatic heterocycles. The zero-order valence-corrected chi connectivity index (χ0v) is 18.1. The molecule has 0 fully saturated rings. The number of benzene rings is 2. The molecule has 6 nitrogen and oxygen atoms in total. The molecule has 154 valence electrons. The first-order valence-electron chi connectivity index (χ1n) is 9.93. The van der Waals surface area contributed by atoms with Crippen LogP contribution in [0.3, 0.4) is 0 Å². The highest BCUT2D eigenvalue weighted by atomic mass is 32.2. The predicted molar refractivity (Wildman–Crippen MR) is 123 cm³/mol. The molecular weight excluding hydrogens is 406 g/mol. The van der Waals surface area contributed by atoms with Crippen molar-refractivity contribution in [2.45, 2.75) is 17.8 Å². The number of rotatable bonds is 6. The van der Waals surface area contributed by atoms with Crippen LogP contribution in [0.2, 0.25) is 0 Å². The molecule has 0 radical (unpaired) electrons. The van der Waals surface area contributed by atoms with Gasteiger partial charge < -0.3 is 9.14 Å². The standard InChI is InChI=1S/C24H21N5OS/c1-17-6-10-20(11-7-17)29-23(18-8-12-21(30-2)13-9-18)26-27-24(29)31-16-19-15-28-14-4-3-5-22(28)25-19/h3-15H,16H2,1-2H3. The van der Waals surface area contributed by atoms with Crippen LogP contribution in [0.4, 0.5) is 0 Å². The molecule has 31 heavy (non-hydrogen) atoms. The van der Waals surface area contributed by atoms with Crippen molar-refractivity contribution in [3.05, 3.63) is 90.4 Å². The Labute approximate surface area is 184 Å². The summed E-state index contributed by atoms with van der Waals surface area (Å²) in [4.78, 5) is 4.70. The van der Waals surface area contributed by atoms with E-state index in [2.05, 4.69) is 52.2 Å². The smallest absolute Gasteiger partial charge is 0.196 e. The van der Waals surface area contributed by atoms with E-state index >= 15 is 0 Å². The van der Waals surface area contributed by atoms with Crippen LogP contribution in [0.5, 0.6) is 5.75 Å². The summed E-state index contributed by atoms with van der Waals surface area (Å²) in [7, 11) is 1.66. The molecule has 5 rings (SSSR count). The van der Waals surface area contributed by atoms with Crippen LogP contribution in [-0.4, -0.2) is 31.3 Å². The molecule has 5 aromatic rings. The third kappa shape index (κ3) is 3.92. The average molecular weight is 428 g/mol. The van der Waals surface area contributed by atoms with Gasteiger partial charge in [-0.1, -0.05) is 35.5 Å². The average Bonchev–Trinajstić information content (AvgIpc) is 3.42. The lowest BCUT2D eigenvalue weighted by atomic mass is 10.2. The number of thioether (sulfide) groups is 1. The molecule has 0 aliphatic rings. The maximum atomic E-state index is 5.29. The van der Waals surface area contributed by atoms with Crippen LogP contribution in [0.1, 0.15) is 11.3 Å². The maximum Gasteiger partial charge on any atom is 0.196 e. The van der Waals surface area contributed by atoms with Crippen LogP contribution >= 0.6 is 11.8 Å². The summed E-state index contributed by atoms with van der Waals surface area (Å²) in [5.41, 5.74) is 5.16. The fraction of sp³-hybridized carbons (Fsp3) is 0.125. The second-order valence-corrected chi connectivity index (χ2v) is 8.14. The molecule has 0 saturated heterocycles. The number of ether oxygens (including phenoxy) is 1. The van der Waals surface area contributed by atoms with Gasteiger partial charge in [0.25, 0.3) is 0 Å². The van der Waals surface area contributed by atoms with Crippen LogP contribution < -0.4 is 4.74 Å². The molecule has 0 unspecified atom stereocenters. The number of fused-ring (bicyclic) bond motifs is 1. The first-order valence-corrected chi connectivity index (χ1v) is 10.9. The molecule has 0 spiro atoms. The van der Waals surface area contributed by atoms with Crippen molar-refractivity contribution in [2.24, 2.45) is 0 Å². The van der Waals surface area contributed by atoms with Gasteiger partial charge in [-0.3, -0.25) is 4.57 Å². The van der Waals surface area contributed by atoms with Crippen molar-refractivity contribution in [3.63, 3.8) is 0 Å². The van der Waals surface area contributed by atoms with E-state index < -0.39 is 0 Å². The number of hydrogen-bond donors (Lipinski definition) is 0. The van der Waals surface area contributed by atoms with Crippen molar-refractivity contribution >= 4 is 17.4 Å². The number of aromatic nitrogens is 5. The van der Waals surface area contributed by atoms with Gasteiger partial charge in [-0.2, -0.15) is 0 Å². The molecule has 3 aromatic heterocycles. The van der Waals surface area contributed by atoms with Gasteiger partial charge in [0.1, 0.15) is 11.4 Å². The van der Waals surface area contributed by atoms with E-state index in [1.54, 1.807) is 18.9 Å². The molecule has 0 aliphatic carbocycles. The summed E-state index contributed by atoms with van der Waals surface area (Å²) in [6.45, 7) is 2.08. The predicted octanol–water partition coefficient (Wildman–Crippen LogP) is 5.19. The van der Waals surface area contributed by atoms with Crippen molar-refractivity contribution < 1.29 is 4.74 Å². The second kappa shape index (κ2) is 8.28. The molecule has 7 heteroatoms. The Kier molecular flexibility index (Phi) is 5.18. The van der Waals surface area contributed by atoms with Crippen LogP contribution in [-0.2, 0) is 5.75 Å². The molecule has 3 heterocycles. The van der Waals surface area contributed by atoms with Crippen LogP contribution in [0, 0.1) is 6.92 Å². The third-order valence-corrected chi connectivity index (χ3v) is 6.00. The van der Waals surface area contributed by atoms with Gasteiger partial charge in [0.05, 0.1) is 12.8 Å². The zero-order chi connectivity index (χ0) is 21.2. The monoisotopic (exact) mass is 427 g/mol. The largest absolute Gasteiger partial charge is 0.497 e. The van der Waals surface area contributed by atoms with Crippen molar-refractivity contribution in [1.82, 2.24) is 24.1 Å². The first-order chi connectivity index (χ1) is 15.2. The van der Waals surface area contributed by atoms with E-state index in [1.165, 1.54) is 5.56 Å². The number of nitrogens with zero attached hydrogens (tertiary/aromatic N) is 5. The zero-order valence-electron chi connectivity index (χ0n) is 17.3. The van der Waals surface area contributed by atoms with E-state index in [4.69, 9.17) is 9.72 Å². The number of pyridine rings is 1. The van der Waals surface area contributed by atoms with Gasteiger partial charge in [-0.05, 0) is 55.5 Å². The lowest BCUT2D eigenvalue weighted by Gasteiger charge is -2.11. The van der Waals surface area contributed by atoms with Gasteiger partial charge in [-0.25, -0.2) is 4.98 Å². The van der Waals surface area contributed by atoms with E-state index in [1.807, 2.05) is 53.1 Å². The van der Waals surface area contributed by atoms with Gasteiger partial charge in [0.15, 0.2) is 11.0 Å². The number of hydrogen-bond acceptors (Lipinski definition) is 5. The Morgan fingerprint density at radius 2 is 1.74 bits per heavy atom. The topological polar surface area (TPSA) is 57.2 Å². The highest BCUT2D eigenvalue weighted by Gasteiger charge is 2.17. The minimum atomic E-state index is 0.703. The Bertz CT molecular complexity index is 1290. The summed E-state index contributed by atoms with van der Waals surface area (Å²) in [5.74, 6) is 2.31. The van der Waals surface area contributed by atoms with E-state index in [-0.39, 0.29) is 0 Å². The SMILES string of the molecule is COc1ccc(-c2nnc(SCc3cn4ccccc4n3)n2-c2ccc(C)cc2)cc1. The lowest BCUT2D eigenvalue weighted by Crippen LogP contribution is -2.00. The normalized spacial score (nSPS) is 11.2. The van der Waals surface area contributed by atoms with Crippen molar-refractivity contribution in [2.75, 3.05) is 7.11 Å². The Balaban J connectivity index is 1.51. The fourth-order valence-corrected chi connectivity index (χ4v) is 4.25. The molecule has 0 N–H and O–H groups in total. The van der Waals surface area contributed by atoms with Gasteiger partial charge >= 0.3 is 0 Å². The maximum absolute atomic E-state index is 5.29. The first kappa shape index (κ1) is 19.4. The fourth-order valence-electron chi connectivity index (χ4n) is 3.41. The Morgan fingerprint density at radius 1 is 0.935 bits per heavy atom. The lowest BCUT2D eigenvalue weighted by molar-refractivity contribution is 0.415. The van der Waals surface area contributed by atoms with Crippen LogP contribution in [0.15, 0.2) is 84.3 Å². The summed E-state index contributed by atoms with van der Waals surface area (Å²) < 4.78 is 9.42. The second-order valence-electron chi connectivity index (χ2n) is 7.19. The van der Waals surface area contributed by atoms with Gasteiger partial charge in [-0.15, -0.1) is 10.2 Å². The number of imidazole rings is 1. The quantitative estimate of drug-likeness (QED) is 0.349. The minimum absolute atomic E-state index is 0.703. The Hall–Kier alpha value is -3.58. The van der Waals surface area contributed by atoms with Crippen molar-refractivity contribution in [1.29, 1.82) is 0 Å². The molecule has 0 saturated carbocycles. The molecule has 2 aromatic carbocycles. The minimum Gasteiger partial charge on any atom is -0.497 e. The summed E-state index contributed by atoms with van der Waals surface area (Å²) in [6.07, 6.45) is 4.06. The van der Waals surface area contributed by atoms with Crippen LogP contribution in [0.25, 0.3) is 22.7 Å².